The van der Waals surface area contributed by atoms with Gasteiger partial charge in [-0.3, -0.25) is 4.99 Å². The molecule has 1 aliphatic heterocycles. The maximum atomic E-state index is 11.8. The largest absolute Gasteiger partial charge is 0.450 e. The third-order valence-electron chi connectivity index (χ3n) is 4.11. The molecule has 1 saturated heterocycles. The maximum absolute atomic E-state index is 11.8. The van der Waals surface area contributed by atoms with Gasteiger partial charge in [-0.25, -0.2) is 4.79 Å². The van der Waals surface area contributed by atoms with E-state index in [1.807, 2.05) is 6.92 Å². The summed E-state index contributed by atoms with van der Waals surface area (Å²) in [6.07, 6.45) is -0.964. The van der Waals surface area contributed by atoms with Crippen LogP contribution >= 0.6 is 11.6 Å². The summed E-state index contributed by atoms with van der Waals surface area (Å²) >= 11 is 5.88. The Hall–Kier alpha value is -1.99. The second-order valence-corrected chi connectivity index (χ2v) is 6.37. The number of halogens is 1. The van der Waals surface area contributed by atoms with E-state index in [1.54, 1.807) is 36.1 Å². The molecular weight excluding hydrogens is 356 g/mol. The first-order valence-corrected chi connectivity index (χ1v) is 9.31. The second kappa shape index (κ2) is 10.2. The Bertz CT molecular complexity index is 601. The lowest BCUT2D eigenvalue weighted by molar-refractivity contribution is 0.0914. The monoisotopic (exact) mass is 382 g/mol. The number of aliphatic hydroxyl groups excluding tert-OH is 1. The Morgan fingerprint density at radius 3 is 2.42 bits per heavy atom. The molecule has 2 rings (SSSR count). The fraction of sp³-hybridized carbons (Fsp3) is 0.556. The first-order chi connectivity index (χ1) is 12.5. The molecule has 7 nitrogen and oxygen atoms in total. The maximum Gasteiger partial charge on any atom is 0.409 e. The van der Waals surface area contributed by atoms with Gasteiger partial charge in [0.1, 0.15) is 0 Å². The minimum Gasteiger partial charge on any atom is -0.450 e. The van der Waals surface area contributed by atoms with Gasteiger partial charge in [-0.1, -0.05) is 23.7 Å². The molecule has 1 aromatic rings. The molecule has 0 bridgehead atoms. The van der Waals surface area contributed by atoms with Gasteiger partial charge >= 0.3 is 6.09 Å². The molecule has 1 aromatic carbocycles. The highest BCUT2D eigenvalue weighted by atomic mass is 35.5. The molecule has 0 saturated carbocycles. The standard InChI is InChI=1S/C18H27ClN4O3/c1-3-20-17(21-13-16(24)14-5-7-15(19)8-6-14)22-9-11-23(12-10-22)18(25)26-4-2/h5-8,16,24H,3-4,9-13H2,1-2H3,(H,20,21). The van der Waals surface area contributed by atoms with E-state index in [4.69, 9.17) is 16.3 Å². The molecule has 0 aromatic heterocycles. The summed E-state index contributed by atoms with van der Waals surface area (Å²) in [7, 11) is 0. The molecule has 2 N–H and O–H groups in total. The van der Waals surface area contributed by atoms with Gasteiger partial charge in [0.25, 0.3) is 0 Å². The van der Waals surface area contributed by atoms with Crippen LogP contribution in [0.15, 0.2) is 29.3 Å². The van der Waals surface area contributed by atoms with Gasteiger partial charge in [0.05, 0.1) is 19.3 Å². The predicted molar refractivity (Wildman–Crippen MR) is 103 cm³/mol. The van der Waals surface area contributed by atoms with Crippen molar-refractivity contribution >= 4 is 23.7 Å². The highest BCUT2D eigenvalue weighted by molar-refractivity contribution is 6.30. The first-order valence-electron chi connectivity index (χ1n) is 8.93. The van der Waals surface area contributed by atoms with Crippen molar-refractivity contribution in [3.63, 3.8) is 0 Å². The smallest absolute Gasteiger partial charge is 0.409 e. The first kappa shape index (κ1) is 20.3. The fourth-order valence-electron chi connectivity index (χ4n) is 2.70. The molecule has 1 heterocycles. The SMILES string of the molecule is CCNC(=NCC(O)c1ccc(Cl)cc1)N1CCN(C(=O)OCC)CC1. The molecule has 0 aliphatic carbocycles. The van der Waals surface area contributed by atoms with Crippen molar-refractivity contribution in [3.8, 4) is 0 Å². The summed E-state index contributed by atoms with van der Waals surface area (Å²) in [5, 5.41) is 14.2. The molecule has 1 unspecified atom stereocenters. The zero-order valence-electron chi connectivity index (χ0n) is 15.3. The minimum atomic E-state index is -0.693. The van der Waals surface area contributed by atoms with Crippen molar-refractivity contribution < 1.29 is 14.6 Å². The molecule has 1 amide bonds. The van der Waals surface area contributed by atoms with Crippen LogP contribution in [0.1, 0.15) is 25.5 Å². The van der Waals surface area contributed by atoms with Gasteiger partial charge in [-0.15, -0.1) is 0 Å². The Labute approximate surface area is 159 Å². The lowest BCUT2D eigenvalue weighted by Gasteiger charge is -2.36. The van der Waals surface area contributed by atoms with E-state index in [1.165, 1.54) is 0 Å². The molecule has 1 aliphatic rings. The van der Waals surface area contributed by atoms with Gasteiger partial charge < -0.3 is 25.0 Å². The van der Waals surface area contributed by atoms with Crippen LogP contribution in [0.25, 0.3) is 0 Å². The number of guanidine groups is 1. The van der Waals surface area contributed by atoms with Crippen LogP contribution < -0.4 is 5.32 Å². The number of nitrogens with zero attached hydrogens (tertiary/aromatic N) is 3. The number of amides is 1. The Balaban J connectivity index is 1.94. The van der Waals surface area contributed by atoms with E-state index in [-0.39, 0.29) is 12.6 Å². The number of hydrogen-bond donors (Lipinski definition) is 2. The zero-order valence-corrected chi connectivity index (χ0v) is 16.1. The third kappa shape index (κ3) is 5.78. The number of benzene rings is 1. The second-order valence-electron chi connectivity index (χ2n) is 5.93. The van der Waals surface area contributed by atoms with Gasteiger partial charge in [0.15, 0.2) is 5.96 Å². The summed E-state index contributed by atoms with van der Waals surface area (Å²) in [6.45, 7) is 7.67. The van der Waals surface area contributed by atoms with Crippen molar-refractivity contribution in [1.82, 2.24) is 15.1 Å². The number of carbonyl (C=O) groups is 1. The summed E-state index contributed by atoms with van der Waals surface area (Å²) in [5.74, 6) is 0.740. The molecule has 0 spiro atoms. The van der Waals surface area contributed by atoms with Crippen LogP contribution in [0.2, 0.25) is 5.02 Å². The summed E-state index contributed by atoms with van der Waals surface area (Å²) < 4.78 is 5.04. The predicted octanol–water partition coefficient (Wildman–Crippen LogP) is 2.11. The molecule has 0 radical (unpaired) electrons. The van der Waals surface area contributed by atoms with E-state index in [2.05, 4.69) is 15.2 Å². The normalized spacial score (nSPS) is 16.4. The molecule has 144 valence electrons. The number of aliphatic hydroxyl groups is 1. The Kier molecular flexibility index (Phi) is 8.00. The topological polar surface area (TPSA) is 77.4 Å². The molecule has 8 heteroatoms. The van der Waals surface area contributed by atoms with E-state index in [9.17, 15) is 9.90 Å². The number of aliphatic imine (C=N–C) groups is 1. The van der Waals surface area contributed by atoms with E-state index < -0.39 is 6.10 Å². The average Bonchev–Trinajstić information content (AvgIpc) is 2.66. The fourth-order valence-corrected chi connectivity index (χ4v) is 2.83. The third-order valence-corrected chi connectivity index (χ3v) is 4.36. The van der Waals surface area contributed by atoms with Gasteiger partial charge in [0.2, 0.25) is 0 Å². The van der Waals surface area contributed by atoms with E-state index in [0.29, 0.717) is 37.8 Å². The van der Waals surface area contributed by atoms with Crippen LogP contribution in [-0.4, -0.2) is 72.8 Å². The Morgan fingerprint density at radius 2 is 1.85 bits per heavy atom. The minimum absolute atomic E-state index is 0.252. The van der Waals surface area contributed by atoms with Crippen LogP contribution in [0.3, 0.4) is 0 Å². The van der Waals surface area contributed by atoms with Gasteiger partial charge in [-0.2, -0.15) is 0 Å². The van der Waals surface area contributed by atoms with E-state index in [0.717, 1.165) is 18.1 Å². The summed E-state index contributed by atoms with van der Waals surface area (Å²) in [4.78, 5) is 20.1. The van der Waals surface area contributed by atoms with Gasteiger partial charge in [0, 0.05) is 37.7 Å². The molecule has 1 atom stereocenters. The Morgan fingerprint density at radius 1 is 1.23 bits per heavy atom. The number of rotatable bonds is 5. The lowest BCUT2D eigenvalue weighted by Crippen LogP contribution is -2.54. The summed E-state index contributed by atoms with van der Waals surface area (Å²) in [5.41, 5.74) is 0.779. The van der Waals surface area contributed by atoms with Gasteiger partial charge in [-0.05, 0) is 31.5 Å². The van der Waals surface area contributed by atoms with E-state index >= 15 is 0 Å². The highest BCUT2D eigenvalue weighted by Crippen LogP contribution is 2.17. The molecule has 1 fully saturated rings. The van der Waals surface area contributed by atoms with Crippen molar-refractivity contribution in [2.24, 2.45) is 4.99 Å². The number of hydrogen-bond acceptors (Lipinski definition) is 4. The number of piperazine rings is 1. The zero-order chi connectivity index (χ0) is 18.9. The summed E-state index contributed by atoms with van der Waals surface area (Å²) in [6, 6.07) is 7.11. The number of nitrogens with one attached hydrogen (secondary N) is 1. The van der Waals surface area contributed by atoms with Crippen molar-refractivity contribution in [1.29, 1.82) is 0 Å². The molecule has 26 heavy (non-hydrogen) atoms. The number of ether oxygens (including phenoxy) is 1. The number of carbonyl (C=O) groups excluding carboxylic acids is 1. The average molecular weight is 383 g/mol. The quantitative estimate of drug-likeness (QED) is 0.602. The van der Waals surface area contributed by atoms with Crippen LogP contribution in [-0.2, 0) is 4.74 Å². The van der Waals surface area contributed by atoms with Crippen LogP contribution in [0, 0.1) is 0 Å². The van der Waals surface area contributed by atoms with Crippen molar-refractivity contribution in [3.05, 3.63) is 34.9 Å². The highest BCUT2D eigenvalue weighted by Gasteiger charge is 2.23. The van der Waals surface area contributed by atoms with Crippen molar-refractivity contribution in [2.75, 3.05) is 45.9 Å². The van der Waals surface area contributed by atoms with Crippen molar-refractivity contribution in [2.45, 2.75) is 20.0 Å². The lowest BCUT2D eigenvalue weighted by atomic mass is 10.1. The van der Waals surface area contributed by atoms with Crippen LogP contribution in [0.5, 0.6) is 0 Å². The molecular formula is C18H27ClN4O3. The van der Waals surface area contributed by atoms with Crippen LogP contribution in [0.4, 0.5) is 4.79 Å².